The molecule has 0 saturated carbocycles. The molecule has 0 aromatic heterocycles. The molecule has 0 aliphatic rings. The van der Waals surface area contributed by atoms with Gasteiger partial charge in [-0.15, -0.1) is 0 Å². The Hall–Kier alpha value is -3.46. The zero-order chi connectivity index (χ0) is 22.6. The molecule has 0 aliphatic heterocycles. The number of carbonyl (C=O) groups excluding carboxylic acids is 1. The summed E-state index contributed by atoms with van der Waals surface area (Å²) in [5.74, 6) is -0.451. The Kier molecular flexibility index (Phi) is 6.55. The van der Waals surface area contributed by atoms with Gasteiger partial charge in [-0.05, 0) is 67.6 Å². The monoisotopic (exact) mass is 446 g/mol. The van der Waals surface area contributed by atoms with Crippen LogP contribution in [0.5, 0.6) is 5.75 Å². The lowest BCUT2D eigenvalue weighted by atomic mass is 10.2. The Morgan fingerprint density at radius 1 is 0.935 bits per heavy atom. The summed E-state index contributed by atoms with van der Waals surface area (Å²) in [6.07, 6.45) is 0. The van der Waals surface area contributed by atoms with Crippen molar-refractivity contribution in [1.29, 1.82) is 0 Å². The third kappa shape index (κ3) is 5.37. The van der Waals surface area contributed by atoms with Crippen LogP contribution in [0.2, 0.25) is 0 Å². The lowest BCUT2D eigenvalue weighted by molar-refractivity contribution is -0.0498. The maximum Gasteiger partial charge on any atom is 0.387 e. The van der Waals surface area contributed by atoms with E-state index in [4.69, 9.17) is 0 Å². The van der Waals surface area contributed by atoms with Crippen LogP contribution in [-0.2, 0) is 10.0 Å². The van der Waals surface area contributed by atoms with Crippen molar-refractivity contribution in [1.82, 2.24) is 0 Å². The third-order valence-corrected chi connectivity index (χ3v) is 6.31. The van der Waals surface area contributed by atoms with E-state index in [1.54, 1.807) is 24.3 Å². The van der Waals surface area contributed by atoms with E-state index in [0.29, 0.717) is 16.9 Å². The molecule has 0 unspecified atom stereocenters. The van der Waals surface area contributed by atoms with Crippen molar-refractivity contribution >= 4 is 27.3 Å². The SMILES string of the molecule is Cc1ccc(S(=O)(=O)N(C)c2ccc(C(=O)Nc3ccc(OC(F)F)cc3)cc2)cc1. The second-order valence-corrected chi connectivity index (χ2v) is 8.66. The Morgan fingerprint density at radius 2 is 1.52 bits per heavy atom. The summed E-state index contributed by atoms with van der Waals surface area (Å²) in [4.78, 5) is 12.6. The lowest BCUT2D eigenvalue weighted by Gasteiger charge is -2.20. The topological polar surface area (TPSA) is 75.7 Å². The Bertz CT molecular complexity index is 1150. The number of sulfonamides is 1. The van der Waals surface area contributed by atoms with Gasteiger partial charge in [-0.1, -0.05) is 17.7 Å². The largest absolute Gasteiger partial charge is 0.435 e. The van der Waals surface area contributed by atoms with Crippen molar-refractivity contribution in [2.24, 2.45) is 0 Å². The van der Waals surface area contributed by atoms with Gasteiger partial charge in [-0.25, -0.2) is 8.42 Å². The van der Waals surface area contributed by atoms with Crippen LogP contribution in [0.3, 0.4) is 0 Å². The van der Waals surface area contributed by atoms with Crippen LogP contribution >= 0.6 is 0 Å². The number of benzene rings is 3. The second kappa shape index (κ2) is 9.13. The first kappa shape index (κ1) is 22.2. The second-order valence-electron chi connectivity index (χ2n) is 6.69. The average molecular weight is 446 g/mol. The molecule has 3 rings (SSSR count). The normalized spacial score (nSPS) is 11.3. The fourth-order valence-corrected chi connectivity index (χ4v) is 3.95. The first-order valence-electron chi connectivity index (χ1n) is 9.19. The summed E-state index contributed by atoms with van der Waals surface area (Å²) in [5, 5.41) is 2.63. The molecule has 0 atom stereocenters. The first-order chi connectivity index (χ1) is 14.7. The number of rotatable bonds is 7. The minimum Gasteiger partial charge on any atom is -0.435 e. The van der Waals surface area contributed by atoms with Crippen LogP contribution in [0.25, 0.3) is 0 Å². The number of carbonyl (C=O) groups is 1. The number of hydrogen-bond acceptors (Lipinski definition) is 4. The molecule has 0 aliphatic carbocycles. The molecule has 9 heteroatoms. The highest BCUT2D eigenvalue weighted by Crippen LogP contribution is 2.23. The van der Waals surface area contributed by atoms with E-state index < -0.39 is 22.5 Å². The van der Waals surface area contributed by atoms with Gasteiger partial charge >= 0.3 is 6.61 Å². The van der Waals surface area contributed by atoms with E-state index in [2.05, 4.69) is 10.1 Å². The molecule has 0 heterocycles. The van der Waals surface area contributed by atoms with Gasteiger partial charge in [0.05, 0.1) is 10.6 Å². The maximum atomic E-state index is 12.8. The smallest absolute Gasteiger partial charge is 0.387 e. The zero-order valence-electron chi connectivity index (χ0n) is 16.7. The van der Waals surface area contributed by atoms with Crippen LogP contribution < -0.4 is 14.4 Å². The van der Waals surface area contributed by atoms with E-state index in [9.17, 15) is 22.0 Å². The molecule has 162 valence electrons. The predicted molar refractivity (Wildman–Crippen MR) is 114 cm³/mol. The number of halogens is 2. The summed E-state index contributed by atoms with van der Waals surface area (Å²) in [5.41, 5.74) is 2.05. The number of anilines is 2. The van der Waals surface area contributed by atoms with E-state index >= 15 is 0 Å². The molecule has 1 N–H and O–H groups in total. The van der Waals surface area contributed by atoms with Gasteiger partial charge in [-0.3, -0.25) is 9.10 Å². The molecule has 31 heavy (non-hydrogen) atoms. The van der Waals surface area contributed by atoms with Crippen LogP contribution in [0.1, 0.15) is 15.9 Å². The van der Waals surface area contributed by atoms with Crippen LogP contribution in [0, 0.1) is 6.92 Å². The Labute approximate surface area is 179 Å². The standard InChI is InChI=1S/C22H20F2N2O4S/c1-15-3-13-20(14-4-15)31(28,29)26(2)18-9-5-16(6-10-18)21(27)25-17-7-11-19(12-8-17)30-22(23)24/h3-14,22H,1-2H3,(H,25,27). The molecule has 3 aromatic rings. The Morgan fingerprint density at radius 3 is 2.06 bits per heavy atom. The number of nitrogens with one attached hydrogen (secondary N) is 1. The number of nitrogens with zero attached hydrogens (tertiary/aromatic N) is 1. The molecular formula is C22H20F2N2O4S. The highest BCUT2D eigenvalue weighted by Gasteiger charge is 2.21. The summed E-state index contributed by atoms with van der Waals surface area (Å²) in [6, 6.07) is 18.1. The average Bonchev–Trinajstić information content (AvgIpc) is 2.74. The van der Waals surface area contributed by atoms with Gasteiger partial charge in [0.25, 0.3) is 15.9 Å². The van der Waals surface area contributed by atoms with Crippen LogP contribution in [0.4, 0.5) is 20.2 Å². The summed E-state index contributed by atoms with van der Waals surface area (Å²) in [6.45, 7) is -1.05. The molecular weight excluding hydrogens is 426 g/mol. The van der Waals surface area contributed by atoms with Crippen LogP contribution in [-0.4, -0.2) is 28.0 Å². The number of alkyl halides is 2. The molecule has 0 saturated heterocycles. The highest BCUT2D eigenvalue weighted by molar-refractivity contribution is 7.92. The summed E-state index contributed by atoms with van der Waals surface area (Å²) in [7, 11) is -2.30. The lowest BCUT2D eigenvalue weighted by Crippen LogP contribution is -2.26. The van der Waals surface area contributed by atoms with Gasteiger partial charge in [0, 0.05) is 18.3 Å². The number of aryl methyl sites for hydroxylation is 1. The molecule has 3 aromatic carbocycles. The van der Waals surface area contributed by atoms with Gasteiger partial charge in [0.1, 0.15) is 5.75 Å². The molecule has 0 radical (unpaired) electrons. The third-order valence-electron chi connectivity index (χ3n) is 4.51. The summed E-state index contributed by atoms with van der Waals surface area (Å²) >= 11 is 0. The van der Waals surface area contributed by atoms with E-state index in [1.807, 2.05) is 6.92 Å². The van der Waals surface area contributed by atoms with Gasteiger partial charge in [0.2, 0.25) is 0 Å². The number of amides is 1. The van der Waals surface area contributed by atoms with Crippen molar-refractivity contribution in [3.8, 4) is 5.75 Å². The van der Waals surface area contributed by atoms with E-state index in [-0.39, 0.29) is 10.6 Å². The van der Waals surface area contributed by atoms with Crippen molar-refractivity contribution in [3.63, 3.8) is 0 Å². The van der Waals surface area contributed by atoms with E-state index in [0.717, 1.165) is 9.87 Å². The minimum atomic E-state index is -3.74. The van der Waals surface area contributed by atoms with Gasteiger partial charge < -0.3 is 10.1 Å². The van der Waals surface area contributed by atoms with Crippen molar-refractivity contribution < 1.29 is 26.7 Å². The van der Waals surface area contributed by atoms with Crippen LogP contribution in [0.15, 0.2) is 77.7 Å². The predicted octanol–water partition coefficient (Wildman–Crippen LogP) is 4.67. The fraction of sp³-hybridized carbons (Fsp3) is 0.136. The Balaban J connectivity index is 1.70. The molecule has 1 amide bonds. The molecule has 0 spiro atoms. The van der Waals surface area contributed by atoms with Crippen molar-refractivity contribution in [2.45, 2.75) is 18.4 Å². The maximum absolute atomic E-state index is 12.8. The quantitative estimate of drug-likeness (QED) is 0.572. The summed E-state index contributed by atoms with van der Waals surface area (Å²) < 4.78 is 55.4. The number of ether oxygens (including phenoxy) is 1. The van der Waals surface area contributed by atoms with Gasteiger partial charge in [0.15, 0.2) is 0 Å². The molecule has 0 fully saturated rings. The van der Waals surface area contributed by atoms with Gasteiger partial charge in [-0.2, -0.15) is 8.78 Å². The molecule has 0 bridgehead atoms. The minimum absolute atomic E-state index is 0.0184. The van der Waals surface area contributed by atoms with E-state index in [1.165, 1.54) is 55.6 Å². The van der Waals surface area contributed by atoms with Crippen molar-refractivity contribution in [3.05, 3.63) is 83.9 Å². The van der Waals surface area contributed by atoms with Crippen molar-refractivity contribution in [2.75, 3.05) is 16.7 Å². The fourth-order valence-electron chi connectivity index (χ4n) is 2.75. The first-order valence-corrected chi connectivity index (χ1v) is 10.6. The highest BCUT2D eigenvalue weighted by atomic mass is 32.2. The zero-order valence-corrected chi connectivity index (χ0v) is 17.6. The molecule has 6 nitrogen and oxygen atoms in total. The number of hydrogen-bond donors (Lipinski definition) is 1.